The number of aliphatic imine (C=N–C) groups is 1. The summed E-state index contributed by atoms with van der Waals surface area (Å²) in [5, 5.41) is 6.75. The van der Waals surface area contributed by atoms with Gasteiger partial charge in [0.1, 0.15) is 6.10 Å². The molecule has 0 spiro atoms. The zero-order valence-corrected chi connectivity index (χ0v) is 15.8. The number of carbonyl (C=O) groups excluding carboxylic acids is 1. The number of amides is 1. The molecular formula is C18H23N5O2S. The topological polar surface area (TPSA) is 78.8 Å². The monoisotopic (exact) mass is 373 g/mol. The van der Waals surface area contributed by atoms with E-state index < -0.39 is 0 Å². The molecule has 7 nitrogen and oxygen atoms in total. The van der Waals surface area contributed by atoms with E-state index in [4.69, 9.17) is 4.74 Å². The first-order valence-corrected chi connectivity index (χ1v) is 9.73. The quantitative estimate of drug-likeness (QED) is 0.639. The molecule has 5 rings (SSSR count). The molecule has 3 aliphatic heterocycles. The van der Waals surface area contributed by atoms with E-state index in [0.29, 0.717) is 11.9 Å². The number of thiazole rings is 1. The molecule has 0 saturated carbocycles. The molecule has 1 atom stereocenters. The first kappa shape index (κ1) is 17.2. The van der Waals surface area contributed by atoms with Crippen LogP contribution in [0.5, 0.6) is 0 Å². The van der Waals surface area contributed by atoms with E-state index in [0.717, 1.165) is 27.6 Å². The van der Waals surface area contributed by atoms with Gasteiger partial charge in [-0.3, -0.25) is 15.0 Å². The number of fused-ring (bicyclic) bond motifs is 4. The zero-order chi connectivity index (χ0) is 18.1. The maximum atomic E-state index is 11.2. The summed E-state index contributed by atoms with van der Waals surface area (Å²) in [6.45, 7) is 4.85. The van der Waals surface area contributed by atoms with Gasteiger partial charge in [0.15, 0.2) is 5.13 Å². The van der Waals surface area contributed by atoms with Gasteiger partial charge in [0.2, 0.25) is 5.91 Å². The van der Waals surface area contributed by atoms with Crippen molar-refractivity contribution >= 4 is 44.3 Å². The lowest BCUT2D eigenvalue weighted by atomic mass is 9.86. The summed E-state index contributed by atoms with van der Waals surface area (Å²) in [5.74, 6) is 0.535. The summed E-state index contributed by atoms with van der Waals surface area (Å²) in [5.41, 5.74) is 1.65. The zero-order valence-electron chi connectivity index (χ0n) is 15.0. The molecule has 2 aromatic rings. The molecule has 1 amide bonds. The number of carbonyl (C=O) groups is 1. The highest BCUT2D eigenvalue weighted by Gasteiger charge is 2.36. The second-order valence-electron chi connectivity index (χ2n) is 6.83. The van der Waals surface area contributed by atoms with E-state index in [-0.39, 0.29) is 12.0 Å². The van der Waals surface area contributed by atoms with Crippen LogP contribution in [0.2, 0.25) is 0 Å². The minimum Gasteiger partial charge on any atom is -0.460 e. The van der Waals surface area contributed by atoms with Crippen LogP contribution in [0.15, 0.2) is 23.2 Å². The van der Waals surface area contributed by atoms with Gasteiger partial charge in [-0.05, 0) is 50.0 Å². The normalized spacial score (nSPS) is 25.3. The summed E-state index contributed by atoms with van der Waals surface area (Å²) in [7, 11) is 1.73. The van der Waals surface area contributed by atoms with Gasteiger partial charge >= 0.3 is 0 Å². The fraction of sp³-hybridized carbons (Fsp3) is 0.500. The molecule has 0 radical (unpaired) electrons. The SMILES string of the molecule is CN=C(Nc1nc2ccc(NC(C)=O)cc2s1)O[C@H]1CN2CCC1CC2. The van der Waals surface area contributed by atoms with Crippen molar-refractivity contribution in [1.82, 2.24) is 9.88 Å². The molecule has 0 unspecified atom stereocenters. The second-order valence-corrected chi connectivity index (χ2v) is 7.86. The van der Waals surface area contributed by atoms with Gasteiger partial charge < -0.3 is 10.1 Å². The molecule has 2 N–H and O–H groups in total. The number of benzene rings is 1. The summed E-state index contributed by atoms with van der Waals surface area (Å²) in [4.78, 5) is 22.5. The number of nitrogens with one attached hydrogen (secondary N) is 2. The third kappa shape index (κ3) is 3.66. The minimum atomic E-state index is -0.0847. The van der Waals surface area contributed by atoms with Crippen molar-refractivity contribution in [1.29, 1.82) is 0 Å². The molecule has 3 saturated heterocycles. The van der Waals surface area contributed by atoms with Crippen LogP contribution < -0.4 is 10.6 Å². The third-order valence-corrected chi connectivity index (χ3v) is 5.92. The highest BCUT2D eigenvalue weighted by atomic mass is 32.1. The van der Waals surface area contributed by atoms with Gasteiger partial charge in [0.05, 0.1) is 10.2 Å². The molecule has 4 heterocycles. The minimum absolute atomic E-state index is 0.0847. The molecule has 26 heavy (non-hydrogen) atoms. The Hall–Kier alpha value is -2.19. The van der Waals surface area contributed by atoms with Crippen molar-refractivity contribution < 1.29 is 9.53 Å². The van der Waals surface area contributed by atoms with Gasteiger partial charge in [0.25, 0.3) is 6.02 Å². The Balaban J connectivity index is 1.45. The van der Waals surface area contributed by atoms with E-state index in [2.05, 4.69) is 25.5 Å². The Kier molecular flexibility index (Phi) is 4.78. The summed E-state index contributed by atoms with van der Waals surface area (Å²) >= 11 is 1.51. The molecule has 2 bridgehead atoms. The average Bonchev–Trinajstić information content (AvgIpc) is 3.03. The number of rotatable bonds is 3. The van der Waals surface area contributed by atoms with Crippen molar-refractivity contribution in [3.8, 4) is 0 Å². The molecule has 0 aliphatic carbocycles. The number of nitrogens with zero attached hydrogens (tertiary/aromatic N) is 3. The van der Waals surface area contributed by atoms with Crippen LogP contribution in [0.3, 0.4) is 0 Å². The molecule has 8 heteroatoms. The van der Waals surface area contributed by atoms with Crippen LogP contribution in [-0.4, -0.2) is 54.6 Å². The van der Waals surface area contributed by atoms with Crippen LogP contribution in [0, 0.1) is 5.92 Å². The van der Waals surface area contributed by atoms with Crippen LogP contribution in [-0.2, 0) is 9.53 Å². The van der Waals surface area contributed by atoms with Crippen LogP contribution in [0.4, 0.5) is 10.8 Å². The van der Waals surface area contributed by atoms with Crippen LogP contribution >= 0.6 is 11.3 Å². The van der Waals surface area contributed by atoms with E-state index in [1.807, 2.05) is 18.2 Å². The lowest BCUT2D eigenvalue weighted by Gasteiger charge is -2.44. The third-order valence-electron chi connectivity index (χ3n) is 4.98. The summed E-state index contributed by atoms with van der Waals surface area (Å²) < 4.78 is 7.15. The van der Waals surface area contributed by atoms with Crippen LogP contribution in [0.1, 0.15) is 19.8 Å². The number of amidine groups is 1. The Labute approximate surface area is 156 Å². The van der Waals surface area contributed by atoms with Gasteiger partial charge in [-0.2, -0.15) is 0 Å². The first-order chi connectivity index (χ1) is 12.6. The number of anilines is 2. The number of hydrogen-bond donors (Lipinski definition) is 2. The number of hydrogen-bond acceptors (Lipinski definition) is 6. The first-order valence-electron chi connectivity index (χ1n) is 8.92. The lowest BCUT2D eigenvalue weighted by Crippen LogP contribution is -2.52. The fourth-order valence-corrected chi connectivity index (χ4v) is 4.57. The maximum absolute atomic E-state index is 11.2. The molecule has 1 aromatic carbocycles. The highest BCUT2D eigenvalue weighted by molar-refractivity contribution is 7.22. The Morgan fingerprint density at radius 3 is 2.81 bits per heavy atom. The lowest BCUT2D eigenvalue weighted by molar-refractivity contribution is -0.114. The number of aromatic nitrogens is 1. The van der Waals surface area contributed by atoms with Crippen molar-refractivity contribution in [3.63, 3.8) is 0 Å². The predicted octanol–water partition coefficient (Wildman–Crippen LogP) is 2.76. The van der Waals surface area contributed by atoms with Gasteiger partial charge in [-0.25, -0.2) is 9.98 Å². The summed E-state index contributed by atoms with van der Waals surface area (Å²) in [6, 6.07) is 6.20. The second kappa shape index (κ2) is 7.20. The molecular weight excluding hydrogens is 350 g/mol. The van der Waals surface area contributed by atoms with Gasteiger partial charge in [-0.1, -0.05) is 11.3 Å². The van der Waals surface area contributed by atoms with Crippen molar-refractivity contribution in [3.05, 3.63) is 18.2 Å². The maximum Gasteiger partial charge on any atom is 0.291 e. The van der Waals surface area contributed by atoms with E-state index in [1.165, 1.54) is 44.2 Å². The Bertz CT molecular complexity index is 841. The van der Waals surface area contributed by atoms with Crippen molar-refractivity contribution in [2.75, 3.05) is 37.3 Å². The molecule has 3 aliphatic rings. The highest BCUT2D eigenvalue weighted by Crippen LogP contribution is 2.31. The van der Waals surface area contributed by atoms with Gasteiger partial charge in [-0.15, -0.1) is 0 Å². The summed E-state index contributed by atoms with van der Waals surface area (Å²) in [6.07, 6.45) is 2.60. The van der Waals surface area contributed by atoms with Crippen LogP contribution in [0.25, 0.3) is 10.2 Å². The number of piperidine rings is 3. The van der Waals surface area contributed by atoms with Gasteiger partial charge in [0, 0.05) is 26.2 Å². The Morgan fingerprint density at radius 1 is 1.35 bits per heavy atom. The van der Waals surface area contributed by atoms with E-state index >= 15 is 0 Å². The predicted molar refractivity (Wildman–Crippen MR) is 105 cm³/mol. The smallest absolute Gasteiger partial charge is 0.291 e. The van der Waals surface area contributed by atoms with E-state index in [1.54, 1.807) is 7.05 Å². The molecule has 138 valence electrons. The van der Waals surface area contributed by atoms with Crippen molar-refractivity contribution in [2.24, 2.45) is 10.9 Å². The van der Waals surface area contributed by atoms with E-state index in [9.17, 15) is 4.79 Å². The standard InChI is InChI=1S/C18H23N5O2S/c1-11(24)20-13-3-4-14-16(9-13)26-18(21-14)22-17(19-2)25-15-10-23-7-5-12(15)6-8-23/h3-4,9,12,15H,5-8,10H2,1-2H3,(H,20,24)(H,19,21,22)/t15-/m0/s1. The van der Waals surface area contributed by atoms with Crippen molar-refractivity contribution in [2.45, 2.75) is 25.9 Å². The number of ether oxygens (including phenoxy) is 1. The molecule has 1 aromatic heterocycles. The Morgan fingerprint density at radius 2 is 2.15 bits per heavy atom. The average molecular weight is 373 g/mol. The fourth-order valence-electron chi connectivity index (χ4n) is 3.68. The largest absolute Gasteiger partial charge is 0.460 e. The molecule has 3 fully saturated rings.